The number of ether oxygens (including phenoxy) is 1. The Balaban J connectivity index is 1.10. The van der Waals surface area contributed by atoms with Crippen molar-refractivity contribution in [2.45, 2.75) is 33.2 Å². The van der Waals surface area contributed by atoms with Crippen molar-refractivity contribution < 1.29 is 18.7 Å². The third-order valence-electron chi connectivity index (χ3n) is 8.19. The standard InChI is InChI=1S/C37H35N3O5/c1-23-18-30(31(19-24(23)2)39-37(43)35-21-32(41)29-6-4-5-7-34(29)45-35)36(42)38-28-11-8-25(9-12-28)14-16-40(3)22-26-10-13-33-27(20-26)15-17-44-33/h4-13,18-21H,14-17,22H2,1-3H3,(H,38,42)(H,39,43). The largest absolute Gasteiger partial charge is 0.493 e. The van der Waals surface area contributed by atoms with Crippen LogP contribution in [0.25, 0.3) is 11.0 Å². The lowest BCUT2D eigenvalue weighted by molar-refractivity contribution is 0.0997. The zero-order valence-corrected chi connectivity index (χ0v) is 25.6. The van der Waals surface area contributed by atoms with Gasteiger partial charge in [-0.1, -0.05) is 36.4 Å². The monoisotopic (exact) mass is 601 g/mol. The number of anilines is 2. The van der Waals surface area contributed by atoms with Gasteiger partial charge in [0.1, 0.15) is 11.3 Å². The van der Waals surface area contributed by atoms with Crippen molar-refractivity contribution in [3.05, 3.63) is 134 Å². The molecule has 0 unspecified atom stereocenters. The molecule has 4 aromatic carbocycles. The molecule has 45 heavy (non-hydrogen) atoms. The van der Waals surface area contributed by atoms with E-state index in [1.165, 1.54) is 22.8 Å². The van der Waals surface area contributed by atoms with Crippen LogP contribution in [0.5, 0.6) is 5.75 Å². The molecule has 8 heteroatoms. The first-order chi connectivity index (χ1) is 21.7. The fourth-order valence-electron chi connectivity index (χ4n) is 5.51. The van der Waals surface area contributed by atoms with Crippen molar-refractivity contribution >= 4 is 34.2 Å². The molecule has 228 valence electrons. The number of benzene rings is 4. The Bertz CT molecular complexity index is 1960. The summed E-state index contributed by atoms with van der Waals surface area (Å²) in [6, 6.07) is 25.6. The number of hydrogen-bond donors (Lipinski definition) is 2. The number of carbonyl (C=O) groups excluding carboxylic acids is 2. The third-order valence-corrected chi connectivity index (χ3v) is 8.19. The summed E-state index contributed by atoms with van der Waals surface area (Å²) in [5.41, 5.74) is 6.82. The normalized spacial score (nSPS) is 12.2. The number of para-hydroxylation sites is 1. The Hall–Kier alpha value is -5.21. The molecule has 0 fully saturated rings. The van der Waals surface area contributed by atoms with Crippen molar-refractivity contribution in [3.8, 4) is 5.75 Å². The van der Waals surface area contributed by atoms with E-state index in [9.17, 15) is 14.4 Å². The topological polar surface area (TPSA) is 101 Å². The van der Waals surface area contributed by atoms with Crippen molar-refractivity contribution in [2.24, 2.45) is 0 Å². The first kappa shape index (κ1) is 29.8. The highest BCUT2D eigenvalue weighted by Gasteiger charge is 2.19. The molecule has 6 rings (SSSR count). The van der Waals surface area contributed by atoms with Crippen molar-refractivity contribution in [3.63, 3.8) is 0 Å². The van der Waals surface area contributed by atoms with Gasteiger partial charge < -0.3 is 24.7 Å². The average molecular weight is 602 g/mol. The second-order valence-corrected chi connectivity index (χ2v) is 11.6. The van der Waals surface area contributed by atoms with Gasteiger partial charge in [-0.05, 0) is 97.6 Å². The molecule has 1 aromatic heterocycles. The van der Waals surface area contributed by atoms with Crippen molar-refractivity contribution in [2.75, 3.05) is 30.8 Å². The Morgan fingerprint density at radius 1 is 0.844 bits per heavy atom. The minimum absolute atomic E-state index is 0.133. The lowest BCUT2D eigenvalue weighted by Gasteiger charge is -2.17. The van der Waals surface area contributed by atoms with E-state index in [4.69, 9.17) is 9.15 Å². The molecular weight excluding hydrogens is 566 g/mol. The van der Waals surface area contributed by atoms with Crippen LogP contribution in [0, 0.1) is 13.8 Å². The molecular formula is C37H35N3O5. The van der Waals surface area contributed by atoms with Crippen LogP contribution in [0.2, 0.25) is 0 Å². The van der Waals surface area contributed by atoms with Gasteiger partial charge >= 0.3 is 0 Å². The van der Waals surface area contributed by atoms with Crippen LogP contribution in [-0.2, 0) is 19.4 Å². The Labute approximate surface area is 261 Å². The lowest BCUT2D eigenvalue weighted by atomic mass is 10.0. The fourth-order valence-corrected chi connectivity index (χ4v) is 5.51. The lowest BCUT2D eigenvalue weighted by Crippen LogP contribution is -2.21. The highest BCUT2D eigenvalue weighted by molar-refractivity contribution is 6.12. The van der Waals surface area contributed by atoms with Crippen LogP contribution in [0.4, 0.5) is 11.4 Å². The average Bonchev–Trinajstić information content (AvgIpc) is 3.50. The zero-order chi connectivity index (χ0) is 31.5. The number of rotatable bonds is 9. The molecule has 2 heterocycles. The zero-order valence-electron chi connectivity index (χ0n) is 25.6. The fraction of sp³-hybridized carbons (Fsp3) is 0.216. The molecule has 2 amide bonds. The summed E-state index contributed by atoms with van der Waals surface area (Å²) >= 11 is 0. The molecule has 0 bridgehead atoms. The van der Waals surface area contributed by atoms with E-state index in [2.05, 4.69) is 40.8 Å². The Morgan fingerprint density at radius 2 is 1.60 bits per heavy atom. The molecule has 0 radical (unpaired) electrons. The molecule has 0 spiro atoms. The van der Waals surface area contributed by atoms with E-state index in [0.29, 0.717) is 27.9 Å². The molecule has 5 aromatic rings. The van der Waals surface area contributed by atoms with Crippen LogP contribution in [0.3, 0.4) is 0 Å². The summed E-state index contributed by atoms with van der Waals surface area (Å²) in [4.78, 5) is 41.4. The maximum Gasteiger partial charge on any atom is 0.291 e. The summed E-state index contributed by atoms with van der Waals surface area (Å²) in [5.74, 6) is -0.107. The van der Waals surface area contributed by atoms with Crippen LogP contribution in [0.15, 0.2) is 94.1 Å². The summed E-state index contributed by atoms with van der Waals surface area (Å²) in [6.07, 6.45) is 1.84. The summed E-state index contributed by atoms with van der Waals surface area (Å²) in [5, 5.41) is 6.12. The minimum atomic E-state index is -0.616. The summed E-state index contributed by atoms with van der Waals surface area (Å²) in [6.45, 7) is 6.33. The third kappa shape index (κ3) is 6.81. The van der Waals surface area contributed by atoms with Gasteiger partial charge in [0, 0.05) is 31.3 Å². The number of nitrogens with one attached hydrogen (secondary N) is 2. The highest BCUT2D eigenvalue weighted by Crippen LogP contribution is 2.27. The molecule has 1 aliphatic rings. The van der Waals surface area contributed by atoms with Gasteiger partial charge in [-0.15, -0.1) is 0 Å². The van der Waals surface area contributed by atoms with Crippen LogP contribution in [-0.4, -0.2) is 36.9 Å². The number of amides is 2. The summed E-state index contributed by atoms with van der Waals surface area (Å²) < 4.78 is 11.3. The number of nitrogens with zero attached hydrogens (tertiary/aromatic N) is 1. The van der Waals surface area contributed by atoms with Crippen molar-refractivity contribution in [1.82, 2.24) is 4.90 Å². The molecule has 0 saturated heterocycles. The van der Waals surface area contributed by atoms with E-state index in [0.717, 1.165) is 49.4 Å². The maximum absolute atomic E-state index is 13.4. The van der Waals surface area contributed by atoms with Gasteiger partial charge in [-0.3, -0.25) is 14.4 Å². The SMILES string of the molecule is Cc1cc(NC(=O)c2cc(=O)c3ccccc3o2)c(C(=O)Nc2ccc(CCN(C)Cc3ccc4c(c3)CCO4)cc2)cc1C. The van der Waals surface area contributed by atoms with E-state index in [-0.39, 0.29) is 17.1 Å². The van der Waals surface area contributed by atoms with E-state index < -0.39 is 5.91 Å². The predicted molar refractivity (Wildman–Crippen MR) is 176 cm³/mol. The van der Waals surface area contributed by atoms with E-state index in [1.54, 1.807) is 36.4 Å². The highest BCUT2D eigenvalue weighted by atomic mass is 16.5. The first-order valence-electron chi connectivity index (χ1n) is 15.0. The number of carbonyl (C=O) groups is 2. The number of fused-ring (bicyclic) bond motifs is 2. The van der Waals surface area contributed by atoms with Gasteiger partial charge in [0.15, 0.2) is 11.2 Å². The van der Waals surface area contributed by atoms with Crippen LogP contribution >= 0.6 is 0 Å². The Morgan fingerprint density at radius 3 is 2.42 bits per heavy atom. The van der Waals surface area contributed by atoms with E-state index in [1.807, 2.05) is 38.1 Å². The van der Waals surface area contributed by atoms with Gasteiger partial charge in [0.25, 0.3) is 11.8 Å². The number of aryl methyl sites for hydroxylation is 2. The van der Waals surface area contributed by atoms with Gasteiger partial charge in [-0.25, -0.2) is 0 Å². The maximum atomic E-state index is 13.4. The molecule has 1 aliphatic heterocycles. The molecule has 0 aliphatic carbocycles. The molecule has 0 saturated carbocycles. The van der Waals surface area contributed by atoms with Crippen LogP contribution < -0.4 is 20.8 Å². The first-order valence-corrected chi connectivity index (χ1v) is 15.0. The Kier molecular flexibility index (Phi) is 8.49. The van der Waals surface area contributed by atoms with Crippen molar-refractivity contribution in [1.29, 1.82) is 0 Å². The minimum Gasteiger partial charge on any atom is -0.493 e. The second-order valence-electron chi connectivity index (χ2n) is 11.6. The molecule has 2 N–H and O–H groups in total. The second kappa shape index (κ2) is 12.8. The quantitative estimate of drug-likeness (QED) is 0.199. The van der Waals surface area contributed by atoms with E-state index >= 15 is 0 Å². The number of hydrogen-bond acceptors (Lipinski definition) is 6. The number of likely N-dealkylation sites (N-methyl/N-ethyl adjacent to an activating group) is 1. The molecule has 8 nitrogen and oxygen atoms in total. The summed E-state index contributed by atoms with van der Waals surface area (Å²) in [7, 11) is 2.12. The van der Waals surface area contributed by atoms with Gasteiger partial charge in [0.2, 0.25) is 0 Å². The smallest absolute Gasteiger partial charge is 0.291 e. The van der Waals surface area contributed by atoms with Crippen LogP contribution in [0.1, 0.15) is 48.7 Å². The predicted octanol–water partition coefficient (Wildman–Crippen LogP) is 6.52. The molecule has 0 atom stereocenters. The van der Waals surface area contributed by atoms with Gasteiger partial charge in [0.05, 0.1) is 23.2 Å². The van der Waals surface area contributed by atoms with Gasteiger partial charge in [-0.2, -0.15) is 0 Å².